The summed E-state index contributed by atoms with van der Waals surface area (Å²) in [5, 5.41) is 3.74. The SMILES string of the molecule is CCC(NC(=O)c1ccc(Cl)cc1)[C@H]1[C@@H]2CC(=O)C[C@@H]21. The van der Waals surface area contributed by atoms with Gasteiger partial charge in [-0.25, -0.2) is 0 Å². The number of fused-ring (bicyclic) bond motifs is 1. The average molecular weight is 292 g/mol. The molecule has 0 spiro atoms. The Balaban J connectivity index is 1.63. The van der Waals surface area contributed by atoms with Gasteiger partial charge in [0.1, 0.15) is 5.78 Å². The minimum atomic E-state index is -0.0511. The molecule has 1 N–H and O–H groups in total. The maximum Gasteiger partial charge on any atom is 0.251 e. The number of nitrogens with one attached hydrogen (secondary N) is 1. The van der Waals surface area contributed by atoms with Gasteiger partial charge >= 0.3 is 0 Å². The molecular formula is C16H18ClNO2. The van der Waals surface area contributed by atoms with Crippen LogP contribution in [-0.4, -0.2) is 17.7 Å². The third kappa shape index (κ3) is 2.47. The number of amides is 1. The summed E-state index contributed by atoms with van der Waals surface area (Å²) in [4.78, 5) is 23.5. The number of rotatable bonds is 4. The third-order valence-electron chi connectivity index (χ3n) is 4.65. The molecule has 20 heavy (non-hydrogen) atoms. The number of carbonyl (C=O) groups is 2. The number of hydrogen-bond donors (Lipinski definition) is 1. The second-order valence-electron chi connectivity index (χ2n) is 5.85. The Morgan fingerprint density at radius 2 is 1.90 bits per heavy atom. The van der Waals surface area contributed by atoms with Crippen LogP contribution in [0.2, 0.25) is 5.02 Å². The summed E-state index contributed by atoms with van der Waals surface area (Å²) in [5.41, 5.74) is 0.634. The van der Waals surface area contributed by atoms with Gasteiger partial charge < -0.3 is 5.32 Å². The predicted octanol–water partition coefficient (Wildman–Crippen LogP) is 3.07. The molecule has 1 unspecified atom stereocenters. The fourth-order valence-corrected chi connectivity index (χ4v) is 3.70. The quantitative estimate of drug-likeness (QED) is 0.927. The Morgan fingerprint density at radius 1 is 1.30 bits per heavy atom. The van der Waals surface area contributed by atoms with Crippen LogP contribution in [0.5, 0.6) is 0 Å². The molecule has 106 valence electrons. The summed E-state index contributed by atoms with van der Waals surface area (Å²) in [6.07, 6.45) is 2.33. The lowest BCUT2D eigenvalue weighted by molar-refractivity contribution is -0.118. The second-order valence-corrected chi connectivity index (χ2v) is 6.28. The van der Waals surface area contributed by atoms with Crippen LogP contribution in [0.1, 0.15) is 36.5 Å². The van der Waals surface area contributed by atoms with Crippen LogP contribution in [0.4, 0.5) is 0 Å². The second kappa shape index (κ2) is 5.21. The number of ketones is 1. The van der Waals surface area contributed by atoms with E-state index in [0.29, 0.717) is 47.0 Å². The zero-order valence-corrected chi connectivity index (χ0v) is 12.2. The van der Waals surface area contributed by atoms with Crippen LogP contribution in [0.25, 0.3) is 0 Å². The van der Waals surface area contributed by atoms with Crippen molar-refractivity contribution < 1.29 is 9.59 Å². The van der Waals surface area contributed by atoms with E-state index in [1.807, 2.05) is 0 Å². The van der Waals surface area contributed by atoms with Crippen LogP contribution < -0.4 is 5.32 Å². The minimum Gasteiger partial charge on any atom is -0.349 e. The number of benzene rings is 1. The molecule has 0 radical (unpaired) electrons. The van der Waals surface area contributed by atoms with Crippen LogP contribution >= 0.6 is 11.6 Å². The van der Waals surface area contributed by atoms with Gasteiger partial charge in [-0.15, -0.1) is 0 Å². The fourth-order valence-electron chi connectivity index (χ4n) is 3.58. The maximum absolute atomic E-state index is 12.2. The molecule has 1 amide bonds. The van der Waals surface area contributed by atoms with Crippen molar-refractivity contribution in [2.24, 2.45) is 17.8 Å². The predicted molar refractivity (Wildman–Crippen MR) is 77.7 cm³/mol. The Labute approximate surface area is 123 Å². The smallest absolute Gasteiger partial charge is 0.251 e. The summed E-state index contributed by atoms with van der Waals surface area (Å²) in [5.74, 6) is 1.85. The molecule has 2 aliphatic carbocycles. The zero-order chi connectivity index (χ0) is 14.3. The van der Waals surface area contributed by atoms with E-state index in [9.17, 15) is 9.59 Å². The standard InChI is InChI=1S/C16H18ClNO2/c1-2-14(15-12-7-11(19)8-13(12)15)18-16(20)9-3-5-10(17)6-4-9/h3-6,12-15H,2,7-8H2,1H3,(H,18,20)/t12-,13+,14?,15+. The van der Waals surface area contributed by atoms with E-state index in [1.165, 1.54) is 0 Å². The summed E-state index contributed by atoms with van der Waals surface area (Å²) in [6, 6.07) is 7.11. The Morgan fingerprint density at radius 3 is 2.45 bits per heavy atom. The first-order valence-electron chi connectivity index (χ1n) is 7.18. The van der Waals surface area contributed by atoms with Crippen molar-refractivity contribution in [3.8, 4) is 0 Å². The molecule has 2 aliphatic rings. The molecule has 0 bridgehead atoms. The van der Waals surface area contributed by atoms with Crippen molar-refractivity contribution in [3.63, 3.8) is 0 Å². The number of hydrogen-bond acceptors (Lipinski definition) is 2. The van der Waals surface area contributed by atoms with E-state index in [0.717, 1.165) is 6.42 Å². The first-order chi connectivity index (χ1) is 9.60. The average Bonchev–Trinajstić information content (AvgIpc) is 2.92. The van der Waals surface area contributed by atoms with E-state index >= 15 is 0 Å². The van der Waals surface area contributed by atoms with Crippen molar-refractivity contribution in [3.05, 3.63) is 34.9 Å². The van der Waals surface area contributed by atoms with Gasteiger partial charge in [0, 0.05) is 29.5 Å². The molecule has 0 aromatic heterocycles. The molecular weight excluding hydrogens is 274 g/mol. The highest BCUT2D eigenvalue weighted by atomic mass is 35.5. The van der Waals surface area contributed by atoms with Crippen LogP contribution in [-0.2, 0) is 4.79 Å². The molecule has 0 saturated heterocycles. The lowest BCUT2D eigenvalue weighted by Crippen LogP contribution is -2.37. The molecule has 3 rings (SSSR count). The lowest BCUT2D eigenvalue weighted by atomic mass is 10.0. The zero-order valence-electron chi connectivity index (χ0n) is 11.4. The monoisotopic (exact) mass is 291 g/mol. The van der Waals surface area contributed by atoms with E-state index in [2.05, 4.69) is 12.2 Å². The molecule has 2 fully saturated rings. The summed E-state index contributed by atoms with van der Waals surface area (Å²) < 4.78 is 0. The Hall–Kier alpha value is -1.35. The van der Waals surface area contributed by atoms with Crippen molar-refractivity contribution >= 4 is 23.3 Å². The van der Waals surface area contributed by atoms with Crippen LogP contribution in [0.15, 0.2) is 24.3 Å². The van der Waals surface area contributed by atoms with E-state index in [1.54, 1.807) is 24.3 Å². The third-order valence-corrected chi connectivity index (χ3v) is 4.90. The topological polar surface area (TPSA) is 46.2 Å². The highest BCUT2D eigenvalue weighted by molar-refractivity contribution is 6.30. The molecule has 4 heteroatoms. The van der Waals surface area contributed by atoms with Crippen molar-refractivity contribution in [2.45, 2.75) is 32.2 Å². The van der Waals surface area contributed by atoms with Gasteiger partial charge in [-0.05, 0) is 48.4 Å². The van der Waals surface area contributed by atoms with E-state index in [-0.39, 0.29) is 11.9 Å². The molecule has 0 heterocycles. The normalized spacial score (nSPS) is 28.9. The number of carbonyl (C=O) groups excluding carboxylic acids is 2. The summed E-state index contributed by atoms with van der Waals surface area (Å²) >= 11 is 5.82. The van der Waals surface area contributed by atoms with Crippen molar-refractivity contribution in [1.82, 2.24) is 5.32 Å². The summed E-state index contributed by atoms with van der Waals surface area (Å²) in [6.45, 7) is 2.09. The Kier molecular flexibility index (Phi) is 3.55. The molecule has 3 nitrogen and oxygen atoms in total. The van der Waals surface area contributed by atoms with Gasteiger partial charge in [0.25, 0.3) is 5.91 Å². The number of halogens is 1. The van der Waals surface area contributed by atoms with Crippen molar-refractivity contribution in [2.75, 3.05) is 0 Å². The molecule has 4 atom stereocenters. The fraction of sp³-hybridized carbons (Fsp3) is 0.500. The Bertz CT molecular complexity index is 526. The van der Waals surface area contributed by atoms with Gasteiger partial charge in [0.2, 0.25) is 0 Å². The van der Waals surface area contributed by atoms with E-state index in [4.69, 9.17) is 11.6 Å². The highest BCUT2D eigenvalue weighted by Crippen LogP contribution is 2.58. The number of Topliss-reactive ketones (excluding diaryl/α,β-unsaturated/α-hetero) is 1. The first kappa shape index (κ1) is 13.6. The van der Waals surface area contributed by atoms with Gasteiger partial charge in [0.05, 0.1) is 0 Å². The van der Waals surface area contributed by atoms with E-state index < -0.39 is 0 Å². The molecule has 0 aliphatic heterocycles. The largest absolute Gasteiger partial charge is 0.349 e. The first-order valence-corrected chi connectivity index (χ1v) is 7.56. The molecule has 1 aromatic rings. The summed E-state index contributed by atoms with van der Waals surface area (Å²) in [7, 11) is 0. The van der Waals surface area contributed by atoms with Crippen LogP contribution in [0.3, 0.4) is 0 Å². The van der Waals surface area contributed by atoms with Gasteiger partial charge in [-0.1, -0.05) is 18.5 Å². The van der Waals surface area contributed by atoms with Crippen molar-refractivity contribution in [1.29, 1.82) is 0 Å². The molecule has 1 aromatic carbocycles. The maximum atomic E-state index is 12.2. The van der Waals surface area contributed by atoms with Gasteiger partial charge in [-0.2, -0.15) is 0 Å². The minimum absolute atomic E-state index is 0.0511. The molecule has 2 saturated carbocycles. The lowest BCUT2D eigenvalue weighted by Gasteiger charge is -2.18. The highest BCUT2D eigenvalue weighted by Gasteiger charge is 2.58. The van der Waals surface area contributed by atoms with Crippen LogP contribution in [0, 0.1) is 17.8 Å². The van der Waals surface area contributed by atoms with Gasteiger partial charge in [0.15, 0.2) is 0 Å². The van der Waals surface area contributed by atoms with Gasteiger partial charge in [-0.3, -0.25) is 9.59 Å².